The first-order valence-corrected chi connectivity index (χ1v) is 8.98. The van der Waals surface area contributed by atoms with Crippen LogP contribution in [-0.2, 0) is 6.42 Å². The molecular formula is C15H18N4O2S2. The summed E-state index contributed by atoms with van der Waals surface area (Å²) in [6, 6.07) is 9.41. The zero-order chi connectivity index (χ0) is 16.5. The van der Waals surface area contributed by atoms with Gasteiger partial charge in [0.1, 0.15) is 12.4 Å². The van der Waals surface area contributed by atoms with E-state index in [1.807, 2.05) is 19.1 Å². The maximum Gasteiger partial charge on any atom is 0.206 e. The molecule has 0 aliphatic carbocycles. The molecule has 1 aromatic heterocycles. The lowest BCUT2D eigenvalue weighted by atomic mass is 10.2. The molecule has 2 aromatic rings. The molecule has 0 aliphatic rings. The van der Waals surface area contributed by atoms with E-state index in [-0.39, 0.29) is 6.61 Å². The maximum absolute atomic E-state index is 9.97. The van der Waals surface area contributed by atoms with E-state index < -0.39 is 6.10 Å². The Balaban J connectivity index is 1.71. The molecule has 8 heteroatoms. The van der Waals surface area contributed by atoms with Gasteiger partial charge >= 0.3 is 0 Å². The highest BCUT2D eigenvalue weighted by atomic mass is 32.2. The van der Waals surface area contributed by atoms with Gasteiger partial charge in [-0.15, -0.1) is 10.2 Å². The molecule has 23 heavy (non-hydrogen) atoms. The van der Waals surface area contributed by atoms with Crippen LogP contribution in [0.25, 0.3) is 0 Å². The van der Waals surface area contributed by atoms with Crippen LogP contribution in [-0.4, -0.2) is 40.3 Å². The van der Waals surface area contributed by atoms with Gasteiger partial charge in [-0.1, -0.05) is 35.2 Å². The van der Waals surface area contributed by atoms with Crippen LogP contribution >= 0.6 is 23.1 Å². The number of rotatable bonds is 9. The van der Waals surface area contributed by atoms with Crippen molar-refractivity contribution < 1.29 is 9.84 Å². The van der Waals surface area contributed by atoms with E-state index in [9.17, 15) is 5.11 Å². The first-order chi connectivity index (χ1) is 11.2. The number of aliphatic hydroxyl groups is 1. The van der Waals surface area contributed by atoms with Gasteiger partial charge < -0.3 is 15.2 Å². The Morgan fingerprint density at radius 1 is 1.39 bits per heavy atom. The van der Waals surface area contributed by atoms with Crippen molar-refractivity contribution >= 4 is 28.2 Å². The van der Waals surface area contributed by atoms with Crippen molar-refractivity contribution in [3.8, 4) is 11.8 Å². The molecule has 0 fully saturated rings. The molecule has 1 atom stereocenters. The summed E-state index contributed by atoms with van der Waals surface area (Å²) in [5.74, 6) is 1.17. The van der Waals surface area contributed by atoms with Crippen molar-refractivity contribution in [1.29, 1.82) is 5.26 Å². The lowest BCUT2D eigenvalue weighted by molar-refractivity contribution is 0.126. The predicted octanol–water partition coefficient (Wildman–Crippen LogP) is 2.57. The Bertz CT molecular complexity index is 640. The fourth-order valence-corrected chi connectivity index (χ4v) is 3.45. The smallest absolute Gasteiger partial charge is 0.206 e. The number of nitrogens with one attached hydrogen (secondary N) is 1. The third kappa shape index (κ3) is 6.06. The van der Waals surface area contributed by atoms with Gasteiger partial charge in [0.2, 0.25) is 5.13 Å². The SMILES string of the molecule is CCNc1nnc(SCC(O)COc2ccc(CC#N)cc2)s1. The van der Waals surface area contributed by atoms with Crippen molar-refractivity contribution in [2.75, 3.05) is 24.2 Å². The standard InChI is InChI=1S/C15H18N4O2S2/c1-2-17-14-18-19-15(23-14)22-10-12(20)9-21-13-5-3-11(4-6-13)7-8-16/h3-6,12,20H,2,7,9-10H2,1H3,(H,17,18). The number of ether oxygens (including phenoxy) is 1. The van der Waals surface area contributed by atoms with E-state index in [0.717, 1.165) is 21.6 Å². The van der Waals surface area contributed by atoms with Gasteiger partial charge in [0.15, 0.2) is 4.34 Å². The van der Waals surface area contributed by atoms with Crippen LogP contribution in [0.5, 0.6) is 5.75 Å². The molecule has 1 unspecified atom stereocenters. The lowest BCUT2D eigenvalue weighted by Crippen LogP contribution is -2.20. The van der Waals surface area contributed by atoms with Crippen LogP contribution in [0, 0.1) is 11.3 Å². The maximum atomic E-state index is 9.97. The molecular weight excluding hydrogens is 332 g/mol. The highest BCUT2D eigenvalue weighted by Crippen LogP contribution is 2.26. The van der Waals surface area contributed by atoms with Gasteiger partial charge in [-0.3, -0.25) is 0 Å². The topological polar surface area (TPSA) is 91.1 Å². The molecule has 1 aromatic carbocycles. The molecule has 2 rings (SSSR count). The molecule has 1 heterocycles. The summed E-state index contributed by atoms with van der Waals surface area (Å²) >= 11 is 2.93. The molecule has 0 bridgehead atoms. The summed E-state index contributed by atoms with van der Waals surface area (Å²) in [6.07, 6.45) is -0.207. The minimum atomic E-state index is -0.592. The number of benzene rings is 1. The van der Waals surface area contributed by atoms with Crippen molar-refractivity contribution in [1.82, 2.24) is 10.2 Å². The van der Waals surface area contributed by atoms with E-state index in [0.29, 0.717) is 17.9 Å². The van der Waals surface area contributed by atoms with E-state index >= 15 is 0 Å². The van der Waals surface area contributed by atoms with E-state index in [2.05, 4.69) is 21.6 Å². The quantitative estimate of drug-likeness (QED) is 0.672. The Hall–Kier alpha value is -1.82. The van der Waals surface area contributed by atoms with Crippen molar-refractivity contribution in [3.05, 3.63) is 29.8 Å². The second-order valence-corrected chi connectivity index (χ2v) is 6.90. The summed E-state index contributed by atoms with van der Waals surface area (Å²) in [4.78, 5) is 0. The van der Waals surface area contributed by atoms with Gasteiger partial charge in [0, 0.05) is 12.3 Å². The predicted molar refractivity (Wildman–Crippen MR) is 92.1 cm³/mol. The highest BCUT2D eigenvalue weighted by molar-refractivity contribution is 8.01. The molecule has 0 aliphatic heterocycles. The van der Waals surface area contributed by atoms with Crippen molar-refractivity contribution in [2.24, 2.45) is 0 Å². The lowest BCUT2D eigenvalue weighted by Gasteiger charge is -2.11. The molecule has 2 N–H and O–H groups in total. The summed E-state index contributed by atoms with van der Waals surface area (Å²) in [7, 11) is 0. The summed E-state index contributed by atoms with van der Waals surface area (Å²) < 4.78 is 6.36. The van der Waals surface area contributed by atoms with Crippen LogP contribution in [0.4, 0.5) is 5.13 Å². The number of hydrogen-bond donors (Lipinski definition) is 2. The van der Waals surface area contributed by atoms with E-state index in [1.54, 1.807) is 12.1 Å². The van der Waals surface area contributed by atoms with Crippen LogP contribution in [0.3, 0.4) is 0 Å². The molecule has 0 radical (unpaired) electrons. The first-order valence-electron chi connectivity index (χ1n) is 7.18. The van der Waals surface area contributed by atoms with Gasteiger partial charge in [-0.2, -0.15) is 5.26 Å². The molecule has 0 saturated heterocycles. The minimum absolute atomic E-state index is 0.212. The Morgan fingerprint density at radius 2 is 2.17 bits per heavy atom. The van der Waals surface area contributed by atoms with Gasteiger partial charge in [-0.25, -0.2) is 0 Å². The Kier molecular flexibility index (Phi) is 7.13. The Labute approximate surface area is 143 Å². The average molecular weight is 350 g/mol. The average Bonchev–Trinajstić information content (AvgIpc) is 3.00. The zero-order valence-corrected chi connectivity index (χ0v) is 14.4. The second-order valence-electron chi connectivity index (χ2n) is 4.66. The van der Waals surface area contributed by atoms with Crippen molar-refractivity contribution in [3.63, 3.8) is 0 Å². The monoisotopic (exact) mass is 350 g/mol. The molecule has 122 valence electrons. The number of anilines is 1. The molecule has 0 saturated carbocycles. The highest BCUT2D eigenvalue weighted by Gasteiger charge is 2.10. The zero-order valence-electron chi connectivity index (χ0n) is 12.7. The van der Waals surface area contributed by atoms with Crippen LogP contribution in [0.2, 0.25) is 0 Å². The fourth-order valence-electron chi connectivity index (χ4n) is 1.69. The number of aromatic nitrogens is 2. The largest absolute Gasteiger partial charge is 0.491 e. The Morgan fingerprint density at radius 3 is 2.87 bits per heavy atom. The molecule has 0 amide bonds. The normalized spacial score (nSPS) is 11.7. The third-order valence-corrected chi connectivity index (χ3v) is 4.94. The minimum Gasteiger partial charge on any atom is -0.491 e. The fraction of sp³-hybridized carbons (Fsp3) is 0.400. The number of thioether (sulfide) groups is 1. The second kappa shape index (κ2) is 9.35. The van der Waals surface area contributed by atoms with E-state index in [4.69, 9.17) is 10.00 Å². The first kappa shape index (κ1) is 17.5. The van der Waals surface area contributed by atoms with Crippen LogP contribution < -0.4 is 10.1 Å². The van der Waals surface area contributed by atoms with E-state index in [1.165, 1.54) is 23.1 Å². The summed E-state index contributed by atoms with van der Waals surface area (Å²) in [6.45, 7) is 3.02. The third-order valence-electron chi connectivity index (χ3n) is 2.78. The number of aliphatic hydroxyl groups excluding tert-OH is 1. The summed E-state index contributed by atoms with van der Waals surface area (Å²) in [5.41, 5.74) is 0.948. The molecule has 6 nitrogen and oxygen atoms in total. The number of hydrogen-bond acceptors (Lipinski definition) is 8. The number of nitriles is 1. The molecule has 0 spiro atoms. The van der Waals surface area contributed by atoms with Crippen molar-refractivity contribution in [2.45, 2.75) is 23.8 Å². The van der Waals surface area contributed by atoms with Gasteiger partial charge in [0.05, 0.1) is 18.6 Å². The van der Waals surface area contributed by atoms with Crippen LogP contribution in [0.1, 0.15) is 12.5 Å². The van der Waals surface area contributed by atoms with Gasteiger partial charge in [0.25, 0.3) is 0 Å². The number of nitrogens with zero attached hydrogens (tertiary/aromatic N) is 3. The summed E-state index contributed by atoms with van der Waals surface area (Å²) in [5, 5.41) is 30.5. The van der Waals surface area contributed by atoms with Crippen LogP contribution in [0.15, 0.2) is 28.6 Å². The van der Waals surface area contributed by atoms with Gasteiger partial charge in [-0.05, 0) is 24.6 Å².